The molecule has 0 fully saturated rings. The fourth-order valence-corrected chi connectivity index (χ4v) is 8.01. The van der Waals surface area contributed by atoms with E-state index in [0.29, 0.717) is 11.1 Å². The van der Waals surface area contributed by atoms with Gasteiger partial charge >= 0.3 is 0 Å². The number of rotatable bonds is 2. The van der Waals surface area contributed by atoms with Crippen molar-refractivity contribution in [3.8, 4) is 23.5 Å². The third-order valence-corrected chi connectivity index (χ3v) is 9.76. The second kappa shape index (κ2) is 8.81. The molecule has 5 heteroatoms. The van der Waals surface area contributed by atoms with E-state index in [4.69, 9.17) is 0 Å². The van der Waals surface area contributed by atoms with E-state index >= 15 is 0 Å². The van der Waals surface area contributed by atoms with Crippen LogP contribution in [0.25, 0.3) is 75.2 Å². The maximum absolute atomic E-state index is 9.64. The van der Waals surface area contributed by atoms with Gasteiger partial charge in [-0.2, -0.15) is 10.5 Å². The van der Waals surface area contributed by atoms with Crippen LogP contribution >= 0.6 is 11.3 Å². The van der Waals surface area contributed by atoms with Gasteiger partial charge in [-0.05, 0) is 66.7 Å². The number of hydrogen-bond donors (Lipinski definition) is 0. The quantitative estimate of drug-likeness (QED) is 0.210. The van der Waals surface area contributed by atoms with Gasteiger partial charge in [0.05, 0.1) is 61.4 Å². The van der Waals surface area contributed by atoms with Crippen molar-refractivity contribution in [2.75, 3.05) is 0 Å². The Morgan fingerprint density at radius 2 is 0.977 bits per heavy atom. The van der Waals surface area contributed by atoms with Gasteiger partial charge in [0.2, 0.25) is 0 Å². The van der Waals surface area contributed by atoms with Crippen LogP contribution in [-0.4, -0.2) is 9.13 Å². The van der Waals surface area contributed by atoms with Crippen LogP contribution in [0.3, 0.4) is 0 Å². The molecule has 0 saturated heterocycles. The molecule has 9 aromatic rings. The summed E-state index contributed by atoms with van der Waals surface area (Å²) in [6, 6.07) is 46.6. The molecule has 4 nitrogen and oxygen atoms in total. The van der Waals surface area contributed by atoms with Crippen LogP contribution in [-0.2, 0) is 0 Å². The molecule has 0 bridgehead atoms. The van der Waals surface area contributed by atoms with Crippen molar-refractivity contribution in [1.29, 1.82) is 10.5 Å². The summed E-state index contributed by atoms with van der Waals surface area (Å²) < 4.78 is 7.10. The highest BCUT2D eigenvalue weighted by Crippen LogP contribution is 2.44. The van der Waals surface area contributed by atoms with Crippen molar-refractivity contribution in [2.24, 2.45) is 0 Å². The van der Waals surface area contributed by atoms with Crippen LogP contribution in [0.4, 0.5) is 0 Å². The highest BCUT2D eigenvalue weighted by Gasteiger charge is 2.20. The van der Waals surface area contributed by atoms with Crippen molar-refractivity contribution < 1.29 is 0 Å². The van der Waals surface area contributed by atoms with Crippen molar-refractivity contribution in [2.45, 2.75) is 0 Å². The van der Waals surface area contributed by atoms with Gasteiger partial charge in [-0.1, -0.05) is 54.6 Å². The van der Waals surface area contributed by atoms with Gasteiger partial charge < -0.3 is 9.13 Å². The summed E-state index contributed by atoms with van der Waals surface area (Å²) in [5, 5.41) is 26.1. The Balaban J connectivity index is 1.40. The van der Waals surface area contributed by atoms with Crippen molar-refractivity contribution >= 4 is 75.1 Å². The zero-order chi connectivity index (χ0) is 28.7. The molecule has 43 heavy (non-hydrogen) atoms. The van der Waals surface area contributed by atoms with Gasteiger partial charge in [0, 0.05) is 37.0 Å². The van der Waals surface area contributed by atoms with E-state index in [0.717, 1.165) is 33.2 Å². The molecular weight excluding hydrogens is 545 g/mol. The lowest BCUT2D eigenvalue weighted by molar-refractivity contribution is 1.20. The van der Waals surface area contributed by atoms with Crippen LogP contribution in [0.1, 0.15) is 11.1 Å². The number of nitriles is 2. The lowest BCUT2D eigenvalue weighted by Gasteiger charge is -2.11. The summed E-state index contributed by atoms with van der Waals surface area (Å²) >= 11 is 1.80. The van der Waals surface area contributed by atoms with Gasteiger partial charge in [-0.3, -0.25) is 0 Å². The second-order valence-corrected chi connectivity index (χ2v) is 11.9. The Kier molecular flexibility index (Phi) is 4.87. The van der Waals surface area contributed by atoms with E-state index in [1.807, 2.05) is 36.4 Å². The van der Waals surface area contributed by atoms with E-state index < -0.39 is 0 Å². The average Bonchev–Trinajstić information content (AvgIpc) is 3.72. The molecule has 9 rings (SSSR count). The zero-order valence-corrected chi connectivity index (χ0v) is 23.6. The fraction of sp³-hybridized carbons (Fsp3) is 0. The number of benzene rings is 6. The highest BCUT2D eigenvalue weighted by molar-refractivity contribution is 7.26. The first-order valence-electron chi connectivity index (χ1n) is 14.1. The topological polar surface area (TPSA) is 57.4 Å². The van der Waals surface area contributed by atoms with Gasteiger partial charge in [0.15, 0.2) is 0 Å². The van der Waals surface area contributed by atoms with Crippen molar-refractivity contribution in [3.63, 3.8) is 0 Å². The third-order valence-electron chi connectivity index (χ3n) is 8.57. The molecule has 0 radical (unpaired) electrons. The number of para-hydroxylation sites is 2. The van der Waals surface area contributed by atoms with Crippen LogP contribution in [0, 0.1) is 22.7 Å². The largest absolute Gasteiger partial charge is 0.309 e. The molecule has 0 aliphatic carbocycles. The second-order valence-electron chi connectivity index (χ2n) is 10.8. The molecule has 0 aliphatic heterocycles. The molecule has 0 N–H and O–H groups in total. The molecule has 3 aromatic heterocycles. The Morgan fingerprint density at radius 3 is 1.60 bits per heavy atom. The maximum atomic E-state index is 9.64. The average molecular weight is 565 g/mol. The standard InChI is InChI=1S/C38H20N4S/c39-21-23-15-17-32-28(19-23)29-20-24(22-40)16-18-33(29)42(32)35-13-5-9-27-37-34(12-6-14-36(37)43-38(27)35)41-30-10-3-1-7-25(30)26-8-2-4-11-31(26)41/h1-20H. The molecule has 0 unspecified atom stereocenters. The summed E-state index contributed by atoms with van der Waals surface area (Å²) in [6.07, 6.45) is 0. The summed E-state index contributed by atoms with van der Waals surface area (Å²) in [6.45, 7) is 0. The highest BCUT2D eigenvalue weighted by atomic mass is 32.1. The number of aromatic nitrogens is 2. The number of nitrogens with zero attached hydrogens (tertiary/aromatic N) is 4. The van der Waals surface area contributed by atoms with Crippen LogP contribution in [0.15, 0.2) is 121 Å². The van der Waals surface area contributed by atoms with Crippen molar-refractivity contribution in [3.05, 3.63) is 132 Å². The fourth-order valence-electron chi connectivity index (χ4n) is 6.78. The Hall–Kier alpha value is -5.88. The molecule has 0 amide bonds. The smallest absolute Gasteiger partial charge is 0.0991 e. The van der Waals surface area contributed by atoms with E-state index in [9.17, 15) is 10.5 Å². The molecule has 0 atom stereocenters. The van der Waals surface area contributed by atoms with Crippen LogP contribution in [0.2, 0.25) is 0 Å². The molecule has 198 valence electrons. The molecule has 0 spiro atoms. The minimum Gasteiger partial charge on any atom is -0.309 e. The molecule has 0 saturated carbocycles. The minimum atomic E-state index is 0.602. The van der Waals surface area contributed by atoms with E-state index in [-0.39, 0.29) is 0 Å². The van der Waals surface area contributed by atoms with Gasteiger partial charge in [0.25, 0.3) is 0 Å². The SMILES string of the molecule is N#Cc1ccc2c(c1)c1cc(C#N)ccc1n2-c1cccc2c1sc1cccc(-n3c4ccccc4c4ccccc43)c12. The van der Waals surface area contributed by atoms with Crippen LogP contribution in [0.5, 0.6) is 0 Å². The lowest BCUT2D eigenvalue weighted by atomic mass is 10.1. The monoisotopic (exact) mass is 564 g/mol. The predicted octanol–water partition coefficient (Wildman–Crippen LogP) is 9.99. The van der Waals surface area contributed by atoms with E-state index in [1.165, 1.54) is 42.0 Å². The van der Waals surface area contributed by atoms with E-state index in [2.05, 4.69) is 106 Å². The minimum absolute atomic E-state index is 0.602. The Morgan fingerprint density at radius 1 is 0.465 bits per heavy atom. The molecule has 3 heterocycles. The third kappa shape index (κ3) is 3.23. The first kappa shape index (κ1) is 23.8. The summed E-state index contributed by atoms with van der Waals surface area (Å²) in [5.74, 6) is 0. The number of hydrogen-bond acceptors (Lipinski definition) is 3. The summed E-state index contributed by atoms with van der Waals surface area (Å²) in [4.78, 5) is 0. The first-order chi connectivity index (χ1) is 21.2. The van der Waals surface area contributed by atoms with E-state index in [1.54, 1.807) is 11.3 Å². The number of fused-ring (bicyclic) bond motifs is 9. The van der Waals surface area contributed by atoms with Crippen LogP contribution < -0.4 is 0 Å². The normalized spacial score (nSPS) is 11.7. The maximum Gasteiger partial charge on any atom is 0.0991 e. The Bertz CT molecular complexity index is 2580. The summed E-state index contributed by atoms with van der Waals surface area (Å²) in [7, 11) is 0. The lowest BCUT2D eigenvalue weighted by Crippen LogP contribution is -1.95. The Labute approximate surface area is 250 Å². The van der Waals surface area contributed by atoms with Crippen molar-refractivity contribution in [1.82, 2.24) is 9.13 Å². The number of thiophene rings is 1. The predicted molar refractivity (Wildman–Crippen MR) is 177 cm³/mol. The van der Waals surface area contributed by atoms with Gasteiger partial charge in [-0.15, -0.1) is 11.3 Å². The molecule has 6 aromatic carbocycles. The van der Waals surface area contributed by atoms with Gasteiger partial charge in [-0.25, -0.2) is 0 Å². The zero-order valence-electron chi connectivity index (χ0n) is 22.7. The molecular formula is C38H20N4S. The summed E-state index contributed by atoms with van der Waals surface area (Å²) in [5.41, 5.74) is 7.86. The van der Waals surface area contributed by atoms with Gasteiger partial charge in [0.1, 0.15) is 0 Å². The first-order valence-corrected chi connectivity index (χ1v) is 14.9. The molecule has 0 aliphatic rings.